The molecule has 3 saturated carbocycles. The number of fused-ring (bicyclic) bond motifs is 7. The van der Waals surface area contributed by atoms with E-state index in [-0.39, 0.29) is 36.5 Å². The Bertz CT molecular complexity index is 953. The Morgan fingerprint density at radius 1 is 1.30 bits per heavy atom. The number of ether oxygens (including phenoxy) is 2. The van der Waals surface area contributed by atoms with Crippen LogP contribution in [0.25, 0.3) is 0 Å². The number of Topliss-reactive ketones (excluding diaryl/α,β-unsaturated/α-hetero) is 1. The molecule has 0 bridgehead atoms. The van der Waals surface area contributed by atoms with Gasteiger partial charge in [-0.3, -0.25) is 9.59 Å². The SMILES string of the molecule is CCCC1O[C@@H]2CC3[C@@H]4C[C@H](F)C5=CC(=O)C=C[C@]5(C)[C@@]4(F)[C@@H](O)C[C@]3(C)[C@]2(C(=O)CN)O1. The summed E-state index contributed by atoms with van der Waals surface area (Å²) in [6.07, 6.45) is 1.15. The molecule has 1 heterocycles. The highest BCUT2D eigenvalue weighted by Crippen LogP contribution is 2.72. The first-order chi connectivity index (χ1) is 15.5. The van der Waals surface area contributed by atoms with E-state index in [2.05, 4.69) is 0 Å². The molecule has 4 fully saturated rings. The van der Waals surface area contributed by atoms with Crippen LogP contribution in [0.15, 0.2) is 23.8 Å². The molecular weight excluding hydrogens is 432 g/mol. The number of allylic oxidation sites excluding steroid dienone is 4. The van der Waals surface area contributed by atoms with Crippen LogP contribution in [0.1, 0.15) is 52.9 Å². The van der Waals surface area contributed by atoms with Crippen LogP contribution in [0.3, 0.4) is 0 Å². The monoisotopic (exact) mass is 465 g/mol. The van der Waals surface area contributed by atoms with Gasteiger partial charge in [-0.15, -0.1) is 0 Å². The van der Waals surface area contributed by atoms with Gasteiger partial charge in [0.25, 0.3) is 0 Å². The maximum absolute atomic E-state index is 17.2. The predicted molar refractivity (Wildman–Crippen MR) is 115 cm³/mol. The standard InChI is InChI=1S/C25H33F2NO5/c1-4-5-21-32-20-10-14-15-9-17(26)16-8-13(29)6-7-22(16,2)24(15,27)18(30)11-23(14,3)25(20,33-21)19(31)12-28/h6-8,14-15,17-18,20-21,30H,4-5,9-12,28H2,1-3H3/t14?,15-,17-,18-,20+,21?,22-,23-,24-,25+/m0/s1. The third-order valence-corrected chi connectivity index (χ3v) is 9.55. The van der Waals surface area contributed by atoms with Gasteiger partial charge in [0.1, 0.15) is 6.17 Å². The van der Waals surface area contributed by atoms with Crippen molar-refractivity contribution in [3.8, 4) is 0 Å². The van der Waals surface area contributed by atoms with Gasteiger partial charge in [-0.2, -0.15) is 0 Å². The summed E-state index contributed by atoms with van der Waals surface area (Å²) in [5.74, 6) is -2.05. The van der Waals surface area contributed by atoms with Crippen molar-refractivity contribution >= 4 is 11.6 Å². The third-order valence-electron chi connectivity index (χ3n) is 9.55. The number of hydrogen-bond acceptors (Lipinski definition) is 6. The van der Waals surface area contributed by atoms with Crippen LogP contribution >= 0.6 is 0 Å². The zero-order valence-corrected chi connectivity index (χ0v) is 19.4. The Balaban J connectivity index is 1.62. The van der Waals surface area contributed by atoms with Crippen LogP contribution in [-0.2, 0) is 19.1 Å². The smallest absolute Gasteiger partial charge is 0.181 e. The van der Waals surface area contributed by atoms with E-state index in [0.717, 1.165) is 6.42 Å². The number of halogens is 2. The molecule has 5 aliphatic rings. The van der Waals surface area contributed by atoms with E-state index in [1.165, 1.54) is 18.2 Å². The van der Waals surface area contributed by atoms with Crippen LogP contribution in [0.4, 0.5) is 8.78 Å². The number of ketones is 2. The number of nitrogens with two attached hydrogens (primary N) is 1. The molecule has 1 saturated heterocycles. The van der Waals surface area contributed by atoms with Gasteiger partial charge in [0.2, 0.25) is 0 Å². The highest BCUT2D eigenvalue weighted by Gasteiger charge is 2.79. The Labute approximate surface area is 192 Å². The lowest BCUT2D eigenvalue weighted by Gasteiger charge is -2.63. The first-order valence-corrected chi connectivity index (χ1v) is 12.0. The molecule has 0 aromatic rings. The second-order valence-corrected chi connectivity index (χ2v) is 10.9. The fourth-order valence-corrected chi connectivity index (χ4v) is 8.04. The number of rotatable bonds is 4. The predicted octanol–water partition coefficient (Wildman–Crippen LogP) is 2.72. The van der Waals surface area contributed by atoms with Crippen molar-refractivity contribution in [2.24, 2.45) is 28.4 Å². The molecule has 2 unspecified atom stereocenters. The number of hydrogen-bond donors (Lipinski definition) is 2. The summed E-state index contributed by atoms with van der Waals surface area (Å²) < 4.78 is 45.2. The van der Waals surface area contributed by atoms with E-state index < -0.39 is 58.6 Å². The summed E-state index contributed by atoms with van der Waals surface area (Å²) in [6.45, 7) is 5.13. The van der Waals surface area contributed by atoms with E-state index in [4.69, 9.17) is 15.2 Å². The molecule has 33 heavy (non-hydrogen) atoms. The average Bonchev–Trinajstić information content (AvgIpc) is 3.24. The summed E-state index contributed by atoms with van der Waals surface area (Å²) in [4.78, 5) is 25.3. The van der Waals surface area contributed by atoms with Crippen molar-refractivity contribution in [3.05, 3.63) is 23.8 Å². The molecule has 4 aliphatic carbocycles. The molecule has 5 rings (SSSR count). The van der Waals surface area contributed by atoms with Gasteiger partial charge in [-0.25, -0.2) is 8.78 Å². The number of aliphatic hydroxyl groups excluding tert-OH is 1. The minimum atomic E-state index is -2.20. The molecule has 10 atom stereocenters. The van der Waals surface area contributed by atoms with Gasteiger partial charge >= 0.3 is 0 Å². The zero-order valence-electron chi connectivity index (χ0n) is 19.4. The lowest BCUT2D eigenvalue weighted by Crippen LogP contribution is -2.71. The third kappa shape index (κ3) is 2.61. The molecule has 0 amide bonds. The molecule has 3 N–H and O–H groups in total. The number of aliphatic hydroxyl groups is 1. The van der Waals surface area contributed by atoms with E-state index in [0.29, 0.717) is 12.8 Å². The van der Waals surface area contributed by atoms with Gasteiger partial charge in [0.15, 0.2) is 29.1 Å². The minimum absolute atomic E-state index is 0.0449. The summed E-state index contributed by atoms with van der Waals surface area (Å²) >= 11 is 0. The second kappa shape index (κ2) is 7.26. The molecular formula is C25H33F2NO5. The van der Waals surface area contributed by atoms with Gasteiger partial charge in [-0.05, 0) is 56.3 Å². The molecule has 6 nitrogen and oxygen atoms in total. The van der Waals surface area contributed by atoms with Crippen LogP contribution in [0, 0.1) is 22.7 Å². The van der Waals surface area contributed by atoms with Crippen molar-refractivity contribution in [2.45, 2.75) is 88.8 Å². The lowest BCUT2D eigenvalue weighted by molar-refractivity contribution is -0.233. The van der Waals surface area contributed by atoms with Crippen LogP contribution in [0.2, 0.25) is 0 Å². The fraction of sp³-hybridized carbons (Fsp3) is 0.760. The number of alkyl halides is 2. The van der Waals surface area contributed by atoms with E-state index >= 15 is 8.78 Å². The van der Waals surface area contributed by atoms with Gasteiger partial charge in [0, 0.05) is 16.7 Å². The largest absolute Gasteiger partial charge is 0.390 e. The maximum atomic E-state index is 17.2. The molecule has 0 aromatic heterocycles. The Hall–Kier alpha value is -1.48. The Morgan fingerprint density at radius 3 is 2.70 bits per heavy atom. The molecule has 0 radical (unpaired) electrons. The summed E-state index contributed by atoms with van der Waals surface area (Å²) in [5.41, 5.74) is -0.130. The molecule has 182 valence electrons. The van der Waals surface area contributed by atoms with Crippen LogP contribution in [0.5, 0.6) is 0 Å². The minimum Gasteiger partial charge on any atom is -0.390 e. The van der Waals surface area contributed by atoms with Crippen molar-refractivity contribution in [1.82, 2.24) is 0 Å². The molecule has 1 aliphatic heterocycles. The second-order valence-electron chi connectivity index (χ2n) is 10.9. The number of carbonyl (C=O) groups excluding carboxylic acids is 2. The van der Waals surface area contributed by atoms with Crippen LogP contribution in [-0.4, -0.2) is 59.2 Å². The van der Waals surface area contributed by atoms with Gasteiger partial charge in [0.05, 0.1) is 18.8 Å². The first kappa shape index (κ1) is 23.3. The summed E-state index contributed by atoms with van der Waals surface area (Å²) in [6, 6.07) is 0. The van der Waals surface area contributed by atoms with Crippen molar-refractivity contribution in [2.75, 3.05) is 6.54 Å². The maximum Gasteiger partial charge on any atom is 0.181 e. The number of carbonyl (C=O) groups is 2. The lowest BCUT2D eigenvalue weighted by atomic mass is 9.44. The van der Waals surface area contributed by atoms with Gasteiger partial charge in [-0.1, -0.05) is 26.3 Å². The van der Waals surface area contributed by atoms with Gasteiger partial charge < -0.3 is 20.3 Å². The highest BCUT2D eigenvalue weighted by atomic mass is 19.1. The normalized spacial score (nSPS) is 52.6. The van der Waals surface area contributed by atoms with Crippen molar-refractivity contribution in [3.63, 3.8) is 0 Å². The molecule has 0 spiro atoms. The highest BCUT2D eigenvalue weighted by molar-refractivity contribution is 6.01. The summed E-state index contributed by atoms with van der Waals surface area (Å²) in [7, 11) is 0. The Morgan fingerprint density at radius 2 is 2.03 bits per heavy atom. The van der Waals surface area contributed by atoms with E-state index in [1.807, 2.05) is 13.8 Å². The quantitative estimate of drug-likeness (QED) is 0.663. The van der Waals surface area contributed by atoms with Crippen molar-refractivity contribution in [1.29, 1.82) is 0 Å². The molecule has 0 aromatic carbocycles. The average molecular weight is 466 g/mol. The fourth-order valence-electron chi connectivity index (χ4n) is 8.04. The van der Waals surface area contributed by atoms with Crippen LogP contribution < -0.4 is 5.73 Å². The van der Waals surface area contributed by atoms with E-state index in [1.54, 1.807) is 6.92 Å². The first-order valence-electron chi connectivity index (χ1n) is 12.0. The zero-order chi connectivity index (χ0) is 24.0. The van der Waals surface area contributed by atoms with E-state index in [9.17, 15) is 14.7 Å². The topological polar surface area (TPSA) is 98.9 Å². The van der Waals surface area contributed by atoms with Crippen molar-refractivity contribution < 1.29 is 33.0 Å². The Kier molecular flexibility index (Phi) is 5.12. The summed E-state index contributed by atoms with van der Waals surface area (Å²) in [5, 5.41) is 11.4. The molecule has 8 heteroatoms.